The number of benzene rings is 1. The summed E-state index contributed by atoms with van der Waals surface area (Å²) in [6.07, 6.45) is 4.41. The van der Waals surface area contributed by atoms with Crippen molar-refractivity contribution in [3.63, 3.8) is 0 Å². The van der Waals surface area contributed by atoms with Gasteiger partial charge in [-0.1, -0.05) is 12.8 Å². The van der Waals surface area contributed by atoms with Crippen molar-refractivity contribution in [1.82, 2.24) is 10.6 Å². The molecule has 3 rings (SSSR count). The van der Waals surface area contributed by atoms with Crippen LogP contribution in [0.3, 0.4) is 0 Å². The van der Waals surface area contributed by atoms with E-state index in [9.17, 15) is 14.4 Å². The maximum Gasteiger partial charge on any atom is 0.261 e. The van der Waals surface area contributed by atoms with E-state index in [-0.39, 0.29) is 30.3 Å². The fourth-order valence-electron chi connectivity index (χ4n) is 3.05. The molecular weight excluding hydrogens is 362 g/mol. The molecule has 27 heavy (non-hydrogen) atoms. The van der Waals surface area contributed by atoms with Crippen LogP contribution in [0.2, 0.25) is 0 Å². The number of anilines is 1. The van der Waals surface area contributed by atoms with E-state index in [0.717, 1.165) is 17.7 Å². The first kappa shape index (κ1) is 19.1. The molecule has 0 radical (unpaired) electrons. The number of rotatable bonds is 6. The molecule has 1 aromatic heterocycles. The number of aryl methyl sites for hydroxylation is 1. The Kier molecular flexibility index (Phi) is 6.24. The van der Waals surface area contributed by atoms with Crippen LogP contribution in [0.5, 0.6) is 0 Å². The highest BCUT2D eigenvalue weighted by atomic mass is 32.1. The lowest BCUT2D eigenvalue weighted by atomic mass is 10.1. The summed E-state index contributed by atoms with van der Waals surface area (Å²) < 4.78 is 0. The maximum absolute atomic E-state index is 12.2. The Hall–Kier alpha value is -2.67. The number of carbonyl (C=O) groups is 3. The molecule has 0 bridgehead atoms. The van der Waals surface area contributed by atoms with Gasteiger partial charge in [0.2, 0.25) is 5.91 Å². The zero-order valence-electron chi connectivity index (χ0n) is 15.2. The highest BCUT2D eigenvalue weighted by Gasteiger charge is 2.18. The highest BCUT2D eigenvalue weighted by Crippen LogP contribution is 2.18. The maximum atomic E-state index is 12.2. The van der Waals surface area contributed by atoms with Gasteiger partial charge in [0, 0.05) is 22.2 Å². The lowest BCUT2D eigenvalue weighted by molar-refractivity contribution is -0.115. The first-order valence-corrected chi connectivity index (χ1v) is 9.88. The predicted octanol–water partition coefficient (Wildman–Crippen LogP) is 3.10. The Balaban J connectivity index is 1.46. The lowest BCUT2D eigenvalue weighted by Gasteiger charge is -2.12. The van der Waals surface area contributed by atoms with Gasteiger partial charge in [-0.3, -0.25) is 14.4 Å². The Labute approximate surface area is 162 Å². The predicted molar refractivity (Wildman–Crippen MR) is 106 cm³/mol. The van der Waals surface area contributed by atoms with Gasteiger partial charge in [0.15, 0.2) is 0 Å². The molecule has 0 saturated heterocycles. The van der Waals surface area contributed by atoms with E-state index in [4.69, 9.17) is 0 Å². The molecular formula is C20H23N3O3S. The molecule has 0 unspecified atom stereocenters. The molecule has 1 aliphatic carbocycles. The van der Waals surface area contributed by atoms with Gasteiger partial charge in [-0.25, -0.2) is 0 Å². The van der Waals surface area contributed by atoms with Crippen LogP contribution >= 0.6 is 11.3 Å². The Morgan fingerprint density at radius 3 is 2.33 bits per heavy atom. The Morgan fingerprint density at radius 2 is 1.70 bits per heavy atom. The Bertz CT molecular complexity index is 823. The summed E-state index contributed by atoms with van der Waals surface area (Å²) in [6, 6.07) is 10.6. The number of nitrogens with one attached hydrogen (secondary N) is 3. The topological polar surface area (TPSA) is 87.3 Å². The SMILES string of the molecule is Cc1ccc(C(=O)NCC(=O)Nc2ccc(C(=O)NC3CCCC3)cc2)s1. The molecule has 2 aromatic rings. The number of carbonyl (C=O) groups excluding carboxylic acids is 3. The molecule has 3 N–H and O–H groups in total. The van der Waals surface area contributed by atoms with Gasteiger partial charge >= 0.3 is 0 Å². The fraction of sp³-hybridized carbons (Fsp3) is 0.350. The first-order chi connectivity index (χ1) is 13.0. The molecule has 6 nitrogen and oxygen atoms in total. The number of hydrogen-bond donors (Lipinski definition) is 3. The summed E-state index contributed by atoms with van der Waals surface area (Å²) >= 11 is 1.39. The normalized spacial score (nSPS) is 14.0. The van der Waals surface area contributed by atoms with Crippen molar-refractivity contribution in [2.24, 2.45) is 0 Å². The summed E-state index contributed by atoms with van der Waals surface area (Å²) in [6.45, 7) is 1.81. The summed E-state index contributed by atoms with van der Waals surface area (Å²) in [5, 5.41) is 8.34. The number of thiophene rings is 1. The number of hydrogen-bond acceptors (Lipinski definition) is 4. The second-order valence-electron chi connectivity index (χ2n) is 6.67. The molecule has 1 saturated carbocycles. The van der Waals surface area contributed by atoms with Gasteiger partial charge in [-0.2, -0.15) is 0 Å². The molecule has 1 aromatic carbocycles. The second kappa shape index (κ2) is 8.81. The fourth-order valence-corrected chi connectivity index (χ4v) is 3.84. The molecule has 7 heteroatoms. The van der Waals surface area contributed by atoms with E-state index in [1.807, 2.05) is 13.0 Å². The summed E-state index contributed by atoms with van der Waals surface area (Å²) in [4.78, 5) is 37.8. The molecule has 1 aliphatic rings. The standard InChI is InChI=1S/C20H23N3O3S/c1-13-6-11-17(27-13)20(26)21-12-18(24)22-16-9-7-14(8-10-16)19(25)23-15-4-2-3-5-15/h6-11,15H,2-5,12H2,1H3,(H,21,26)(H,22,24)(H,23,25). The van der Waals surface area contributed by atoms with Crippen LogP contribution in [0.1, 0.15) is 50.6 Å². The van der Waals surface area contributed by atoms with Crippen molar-refractivity contribution >= 4 is 34.7 Å². The van der Waals surface area contributed by atoms with E-state index in [0.29, 0.717) is 16.1 Å². The molecule has 0 spiro atoms. The van der Waals surface area contributed by atoms with Gasteiger partial charge < -0.3 is 16.0 Å². The third-order valence-electron chi connectivity index (χ3n) is 4.49. The van der Waals surface area contributed by atoms with Gasteiger partial charge in [-0.05, 0) is 56.2 Å². The highest BCUT2D eigenvalue weighted by molar-refractivity contribution is 7.13. The quantitative estimate of drug-likeness (QED) is 0.714. The smallest absolute Gasteiger partial charge is 0.261 e. The summed E-state index contributed by atoms with van der Waals surface area (Å²) in [5.74, 6) is -0.666. The van der Waals surface area contributed by atoms with Crippen LogP contribution < -0.4 is 16.0 Å². The van der Waals surface area contributed by atoms with Gasteiger partial charge in [-0.15, -0.1) is 11.3 Å². The summed E-state index contributed by atoms with van der Waals surface area (Å²) in [7, 11) is 0. The van der Waals surface area contributed by atoms with Crippen molar-refractivity contribution in [3.05, 3.63) is 51.7 Å². The minimum absolute atomic E-state index is 0.0849. The third kappa shape index (κ3) is 5.40. The van der Waals surface area contributed by atoms with E-state index >= 15 is 0 Å². The summed E-state index contributed by atoms with van der Waals surface area (Å²) in [5.41, 5.74) is 1.15. The van der Waals surface area contributed by atoms with E-state index in [1.54, 1.807) is 30.3 Å². The van der Waals surface area contributed by atoms with Crippen molar-refractivity contribution in [3.8, 4) is 0 Å². The van der Waals surface area contributed by atoms with E-state index in [1.165, 1.54) is 24.2 Å². The zero-order valence-corrected chi connectivity index (χ0v) is 16.0. The molecule has 3 amide bonds. The first-order valence-electron chi connectivity index (χ1n) is 9.06. The molecule has 142 valence electrons. The van der Waals surface area contributed by atoms with Crippen molar-refractivity contribution in [1.29, 1.82) is 0 Å². The van der Waals surface area contributed by atoms with Crippen LogP contribution in [0.25, 0.3) is 0 Å². The largest absolute Gasteiger partial charge is 0.349 e. The monoisotopic (exact) mass is 385 g/mol. The third-order valence-corrected chi connectivity index (χ3v) is 5.49. The van der Waals surface area contributed by atoms with Crippen molar-refractivity contribution in [2.75, 3.05) is 11.9 Å². The van der Waals surface area contributed by atoms with Gasteiger partial charge in [0.1, 0.15) is 0 Å². The van der Waals surface area contributed by atoms with Crippen LogP contribution in [0.4, 0.5) is 5.69 Å². The van der Waals surface area contributed by atoms with Crippen LogP contribution in [-0.2, 0) is 4.79 Å². The minimum atomic E-state index is -0.320. The van der Waals surface area contributed by atoms with Gasteiger partial charge in [0.05, 0.1) is 11.4 Å². The molecule has 0 aliphatic heterocycles. The van der Waals surface area contributed by atoms with Crippen molar-refractivity contribution < 1.29 is 14.4 Å². The van der Waals surface area contributed by atoms with Crippen LogP contribution in [0.15, 0.2) is 36.4 Å². The number of amides is 3. The van der Waals surface area contributed by atoms with E-state index in [2.05, 4.69) is 16.0 Å². The van der Waals surface area contributed by atoms with Gasteiger partial charge in [0.25, 0.3) is 11.8 Å². The van der Waals surface area contributed by atoms with E-state index < -0.39 is 0 Å². The van der Waals surface area contributed by atoms with Crippen molar-refractivity contribution in [2.45, 2.75) is 38.6 Å². The zero-order chi connectivity index (χ0) is 19.2. The van der Waals surface area contributed by atoms with Crippen LogP contribution in [-0.4, -0.2) is 30.3 Å². The average Bonchev–Trinajstić information content (AvgIpc) is 3.32. The Morgan fingerprint density at radius 1 is 1.00 bits per heavy atom. The molecule has 1 heterocycles. The molecule has 0 atom stereocenters. The second-order valence-corrected chi connectivity index (χ2v) is 7.96. The average molecular weight is 385 g/mol. The molecule has 1 fully saturated rings. The van der Waals surface area contributed by atoms with Crippen LogP contribution in [0, 0.1) is 6.92 Å². The lowest BCUT2D eigenvalue weighted by Crippen LogP contribution is -2.33. The minimum Gasteiger partial charge on any atom is -0.349 e.